The largest absolute Gasteiger partial charge is 0.360 e. The van der Waals surface area contributed by atoms with Gasteiger partial charge in [0.2, 0.25) is 5.91 Å². The fourth-order valence-corrected chi connectivity index (χ4v) is 2.46. The number of rotatable bonds is 6. The summed E-state index contributed by atoms with van der Waals surface area (Å²) in [5.74, 6) is 0.340. The summed E-state index contributed by atoms with van der Waals surface area (Å²) in [4.78, 5) is 16.5. The molecule has 124 valence electrons. The first kappa shape index (κ1) is 16.0. The first-order chi connectivity index (χ1) is 11.7. The van der Waals surface area contributed by atoms with Gasteiger partial charge in [-0.15, -0.1) is 0 Å². The molecular formula is C18H19FN4O. The first-order valence-electron chi connectivity index (χ1n) is 7.92. The number of carbonyl (C=O) groups is 1. The Morgan fingerprint density at radius 1 is 1.21 bits per heavy atom. The number of amides is 1. The molecule has 24 heavy (non-hydrogen) atoms. The summed E-state index contributed by atoms with van der Waals surface area (Å²) in [6.45, 7) is 2.81. The number of fused-ring (bicyclic) bond motifs is 1. The molecule has 0 radical (unpaired) electrons. The van der Waals surface area contributed by atoms with Crippen molar-refractivity contribution in [1.82, 2.24) is 14.7 Å². The van der Waals surface area contributed by atoms with Crippen LogP contribution < -0.4 is 10.6 Å². The van der Waals surface area contributed by atoms with Crippen molar-refractivity contribution in [3.8, 4) is 11.3 Å². The molecular weight excluding hydrogens is 307 g/mol. The van der Waals surface area contributed by atoms with Gasteiger partial charge in [-0.05, 0) is 42.8 Å². The van der Waals surface area contributed by atoms with Crippen molar-refractivity contribution < 1.29 is 9.18 Å². The Hall–Kier alpha value is -2.89. The van der Waals surface area contributed by atoms with Crippen LogP contribution in [0.1, 0.15) is 13.3 Å². The fourth-order valence-electron chi connectivity index (χ4n) is 2.46. The monoisotopic (exact) mass is 326 g/mol. The minimum Gasteiger partial charge on any atom is -0.360 e. The van der Waals surface area contributed by atoms with E-state index in [-0.39, 0.29) is 18.3 Å². The standard InChI is InChI=1S/C18H19FN4O/c1-2-10-20-16(24)12-21-18-17(13-6-8-14(19)9-7-13)22-15-5-3-4-11-23(15)18/h3-9,11,21H,2,10,12H2,1H3,(H,20,24). The number of imidazole rings is 1. The highest BCUT2D eigenvalue weighted by molar-refractivity contribution is 5.83. The fraction of sp³-hybridized carbons (Fsp3) is 0.222. The van der Waals surface area contributed by atoms with Gasteiger partial charge in [-0.3, -0.25) is 9.20 Å². The number of benzene rings is 1. The number of nitrogens with one attached hydrogen (secondary N) is 2. The third kappa shape index (κ3) is 3.37. The average molecular weight is 326 g/mol. The minimum absolute atomic E-state index is 0.0761. The number of carbonyl (C=O) groups excluding carboxylic acids is 1. The Morgan fingerprint density at radius 3 is 2.75 bits per heavy atom. The molecule has 0 aliphatic carbocycles. The van der Waals surface area contributed by atoms with Gasteiger partial charge in [0.15, 0.2) is 0 Å². The van der Waals surface area contributed by atoms with Crippen molar-refractivity contribution in [1.29, 1.82) is 0 Å². The lowest BCUT2D eigenvalue weighted by Gasteiger charge is -2.09. The van der Waals surface area contributed by atoms with Crippen LogP contribution >= 0.6 is 0 Å². The molecule has 1 amide bonds. The molecule has 3 rings (SSSR count). The van der Waals surface area contributed by atoms with Crippen LogP contribution in [-0.2, 0) is 4.79 Å². The molecule has 0 saturated heterocycles. The number of aromatic nitrogens is 2. The van der Waals surface area contributed by atoms with Crippen molar-refractivity contribution >= 4 is 17.4 Å². The summed E-state index contributed by atoms with van der Waals surface area (Å²) >= 11 is 0. The van der Waals surface area contributed by atoms with Crippen LogP contribution in [0.2, 0.25) is 0 Å². The van der Waals surface area contributed by atoms with Gasteiger partial charge in [-0.1, -0.05) is 13.0 Å². The van der Waals surface area contributed by atoms with Gasteiger partial charge in [0.1, 0.15) is 23.0 Å². The van der Waals surface area contributed by atoms with Crippen molar-refractivity contribution in [2.45, 2.75) is 13.3 Å². The number of anilines is 1. The average Bonchev–Trinajstić information content (AvgIpc) is 2.97. The van der Waals surface area contributed by atoms with Crippen LogP contribution in [0.25, 0.3) is 16.9 Å². The maximum absolute atomic E-state index is 13.2. The summed E-state index contributed by atoms with van der Waals surface area (Å²) in [5, 5.41) is 5.98. The third-order valence-corrected chi connectivity index (χ3v) is 3.64. The molecule has 0 aliphatic heterocycles. The van der Waals surface area contributed by atoms with E-state index in [0.717, 1.165) is 17.6 Å². The van der Waals surface area contributed by atoms with E-state index in [1.54, 1.807) is 12.1 Å². The van der Waals surface area contributed by atoms with Crippen molar-refractivity contribution in [3.05, 3.63) is 54.5 Å². The Kier molecular flexibility index (Phi) is 4.74. The highest BCUT2D eigenvalue weighted by Crippen LogP contribution is 2.28. The molecule has 1 aromatic carbocycles. The number of pyridine rings is 1. The van der Waals surface area contributed by atoms with E-state index < -0.39 is 0 Å². The van der Waals surface area contributed by atoms with Crippen molar-refractivity contribution in [3.63, 3.8) is 0 Å². The van der Waals surface area contributed by atoms with Gasteiger partial charge in [-0.25, -0.2) is 9.37 Å². The Labute approximate surface area is 139 Å². The van der Waals surface area contributed by atoms with E-state index >= 15 is 0 Å². The van der Waals surface area contributed by atoms with Crippen LogP contribution in [0, 0.1) is 5.82 Å². The molecule has 2 heterocycles. The predicted octanol–water partition coefficient (Wildman–Crippen LogP) is 3.08. The molecule has 3 aromatic rings. The van der Waals surface area contributed by atoms with Crippen LogP contribution in [-0.4, -0.2) is 28.4 Å². The summed E-state index contributed by atoms with van der Waals surface area (Å²) < 4.78 is 15.1. The van der Waals surface area contributed by atoms with Gasteiger partial charge in [0.25, 0.3) is 0 Å². The molecule has 0 spiro atoms. The second kappa shape index (κ2) is 7.12. The quantitative estimate of drug-likeness (QED) is 0.732. The molecule has 0 bridgehead atoms. The molecule has 0 fully saturated rings. The Morgan fingerprint density at radius 2 is 2.00 bits per heavy atom. The SMILES string of the molecule is CCCNC(=O)CNc1c(-c2ccc(F)cc2)nc2ccccn12. The maximum Gasteiger partial charge on any atom is 0.239 e. The number of hydrogen-bond acceptors (Lipinski definition) is 3. The second-order valence-electron chi connectivity index (χ2n) is 5.45. The number of nitrogens with zero attached hydrogens (tertiary/aromatic N) is 2. The van der Waals surface area contributed by atoms with Gasteiger partial charge in [-0.2, -0.15) is 0 Å². The Bertz CT molecular complexity index is 842. The summed E-state index contributed by atoms with van der Waals surface area (Å²) in [6, 6.07) is 11.8. The van der Waals surface area contributed by atoms with E-state index in [2.05, 4.69) is 15.6 Å². The van der Waals surface area contributed by atoms with Crippen molar-refractivity contribution in [2.24, 2.45) is 0 Å². The highest BCUT2D eigenvalue weighted by atomic mass is 19.1. The zero-order valence-electron chi connectivity index (χ0n) is 13.4. The smallest absolute Gasteiger partial charge is 0.239 e. The lowest BCUT2D eigenvalue weighted by atomic mass is 10.1. The van der Waals surface area contributed by atoms with Gasteiger partial charge >= 0.3 is 0 Å². The molecule has 6 heteroatoms. The lowest BCUT2D eigenvalue weighted by Crippen LogP contribution is -2.30. The van der Waals surface area contributed by atoms with Crippen LogP contribution in [0.5, 0.6) is 0 Å². The number of hydrogen-bond donors (Lipinski definition) is 2. The highest BCUT2D eigenvalue weighted by Gasteiger charge is 2.14. The predicted molar refractivity (Wildman–Crippen MR) is 92.4 cm³/mol. The first-order valence-corrected chi connectivity index (χ1v) is 7.92. The van der Waals surface area contributed by atoms with E-state index in [9.17, 15) is 9.18 Å². The molecule has 5 nitrogen and oxygen atoms in total. The summed E-state index contributed by atoms with van der Waals surface area (Å²) in [7, 11) is 0. The molecule has 0 aliphatic rings. The minimum atomic E-state index is -0.295. The molecule has 2 N–H and O–H groups in total. The zero-order chi connectivity index (χ0) is 16.9. The van der Waals surface area contributed by atoms with E-state index in [4.69, 9.17) is 0 Å². The van der Waals surface area contributed by atoms with E-state index in [0.29, 0.717) is 18.1 Å². The van der Waals surface area contributed by atoms with Gasteiger partial charge < -0.3 is 10.6 Å². The topological polar surface area (TPSA) is 58.4 Å². The zero-order valence-corrected chi connectivity index (χ0v) is 13.4. The van der Waals surface area contributed by atoms with Crippen molar-refractivity contribution in [2.75, 3.05) is 18.4 Å². The van der Waals surface area contributed by atoms with Gasteiger partial charge in [0.05, 0.1) is 6.54 Å². The Balaban J connectivity index is 1.93. The number of halogens is 1. The van der Waals surface area contributed by atoms with E-state index in [1.165, 1.54) is 12.1 Å². The van der Waals surface area contributed by atoms with Crippen LogP contribution in [0.4, 0.5) is 10.2 Å². The van der Waals surface area contributed by atoms with E-state index in [1.807, 2.05) is 35.7 Å². The van der Waals surface area contributed by atoms with Crippen LogP contribution in [0.3, 0.4) is 0 Å². The van der Waals surface area contributed by atoms with Crippen LogP contribution in [0.15, 0.2) is 48.7 Å². The molecule has 2 aromatic heterocycles. The molecule has 0 unspecified atom stereocenters. The summed E-state index contributed by atoms with van der Waals surface area (Å²) in [5.41, 5.74) is 2.23. The second-order valence-corrected chi connectivity index (χ2v) is 5.45. The maximum atomic E-state index is 13.2. The summed E-state index contributed by atoms with van der Waals surface area (Å²) in [6.07, 6.45) is 2.77. The van der Waals surface area contributed by atoms with Gasteiger partial charge in [0, 0.05) is 18.3 Å². The molecule has 0 saturated carbocycles. The normalized spacial score (nSPS) is 10.8. The lowest BCUT2D eigenvalue weighted by molar-refractivity contribution is -0.119. The third-order valence-electron chi connectivity index (χ3n) is 3.64. The molecule has 0 atom stereocenters.